The van der Waals surface area contributed by atoms with Crippen molar-refractivity contribution in [2.45, 2.75) is 12.8 Å². The van der Waals surface area contributed by atoms with Crippen molar-refractivity contribution in [3.05, 3.63) is 45.1 Å². The van der Waals surface area contributed by atoms with Crippen LogP contribution in [0.2, 0.25) is 0 Å². The second-order valence-electron chi connectivity index (χ2n) is 3.61. The van der Waals surface area contributed by atoms with Crippen LogP contribution in [0.4, 0.5) is 9.52 Å². The first-order valence-electron chi connectivity index (χ1n) is 5.26. The SMILES string of the molecule is CNc1nc(Br)c(CCc2ccc(F)cc2)s1. The predicted molar refractivity (Wildman–Crippen MR) is 73.2 cm³/mol. The van der Waals surface area contributed by atoms with Gasteiger partial charge in [0, 0.05) is 11.9 Å². The maximum atomic E-state index is 12.7. The smallest absolute Gasteiger partial charge is 0.183 e. The van der Waals surface area contributed by atoms with Crippen molar-refractivity contribution in [3.8, 4) is 0 Å². The first-order chi connectivity index (χ1) is 8.19. The summed E-state index contributed by atoms with van der Waals surface area (Å²) in [5.41, 5.74) is 1.14. The molecule has 2 nitrogen and oxygen atoms in total. The molecule has 0 radical (unpaired) electrons. The summed E-state index contributed by atoms with van der Waals surface area (Å²) in [5, 5.41) is 3.93. The fraction of sp³-hybridized carbons (Fsp3) is 0.250. The lowest BCUT2D eigenvalue weighted by molar-refractivity contribution is 0.627. The Morgan fingerprint density at radius 3 is 2.59 bits per heavy atom. The van der Waals surface area contributed by atoms with Crippen LogP contribution in [-0.2, 0) is 12.8 Å². The van der Waals surface area contributed by atoms with E-state index in [-0.39, 0.29) is 5.82 Å². The highest BCUT2D eigenvalue weighted by molar-refractivity contribution is 9.10. The summed E-state index contributed by atoms with van der Waals surface area (Å²) in [5.74, 6) is -0.190. The molecule has 0 aliphatic carbocycles. The van der Waals surface area contributed by atoms with E-state index in [4.69, 9.17) is 0 Å². The van der Waals surface area contributed by atoms with Crippen LogP contribution in [-0.4, -0.2) is 12.0 Å². The zero-order valence-electron chi connectivity index (χ0n) is 9.34. The summed E-state index contributed by atoms with van der Waals surface area (Å²) < 4.78 is 13.6. The lowest BCUT2D eigenvalue weighted by Crippen LogP contribution is -1.89. The minimum Gasteiger partial charge on any atom is -0.365 e. The molecule has 0 aliphatic rings. The Balaban J connectivity index is 2.01. The van der Waals surface area contributed by atoms with Gasteiger partial charge in [-0.1, -0.05) is 12.1 Å². The van der Waals surface area contributed by atoms with Crippen LogP contribution >= 0.6 is 27.3 Å². The van der Waals surface area contributed by atoms with Gasteiger partial charge in [-0.05, 0) is 46.5 Å². The molecule has 0 bridgehead atoms. The number of thiazole rings is 1. The summed E-state index contributed by atoms with van der Waals surface area (Å²) in [6, 6.07) is 6.64. The number of aryl methyl sites for hydroxylation is 2. The molecular weight excluding hydrogens is 303 g/mol. The Morgan fingerprint density at radius 2 is 2.00 bits per heavy atom. The maximum Gasteiger partial charge on any atom is 0.183 e. The second kappa shape index (κ2) is 5.60. The van der Waals surface area contributed by atoms with Crippen LogP contribution in [0.25, 0.3) is 0 Å². The summed E-state index contributed by atoms with van der Waals surface area (Å²) in [7, 11) is 1.86. The van der Waals surface area contributed by atoms with E-state index in [9.17, 15) is 4.39 Å². The molecule has 0 unspecified atom stereocenters. The van der Waals surface area contributed by atoms with Crippen LogP contribution < -0.4 is 5.32 Å². The van der Waals surface area contributed by atoms with E-state index in [0.29, 0.717) is 0 Å². The summed E-state index contributed by atoms with van der Waals surface area (Å²) >= 11 is 5.08. The van der Waals surface area contributed by atoms with Crippen molar-refractivity contribution in [2.24, 2.45) is 0 Å². The van der Waals surface area contributed by atoms with Gasteiger partial charge in [-0.25, -0.2) is 9.37 Å². The van der Waals surface area contributed by atoms with Crippen molar-refractivity contribution in [2.75, 3.05) is 12.4 Å². The van der Waals surface area contributed by atoms with E-state index in [1.807, 2.05) is 19.2 Å². The van der Waals surface area contributed by atoms with E-state index in [1.54, 1.807) is 11.3 Å². The van der Waals surface area contributed by atoms with Gasteiger partial charge in [0.25, 0.3) is 0 Å². The van der Waals surface area contributed by atoms with Crippen LogP contribution in [0.15, 0.2) is 28.9 Å². The standard InChI is InChI=1S/C12H12BrFN2S/c1-15-12-16-11(13)10(17-12)7-4-8-2-5-9(14)6-3-8/h2-3,5-6H,4,7H2,1H3,(H,15,16). The molecule has 2 rings (SSSR count). The molecule has 0 saturated heterocycles. The van der Waals surface area contributed by atoms with E-state index in [2.05, 4.69) is 26.2 Å². The van der Waals surface area contributed by atoms with Gasteiger partial charge >= 0.3 is 0 Å². The Labute approximate surface area is 112 Å². The molecule has 1 aromatic heterocycles. The molecule has 17 heavy (non-hydrogen) atoms. The maximum absolute atomic E-state index is 12.7. The second-order valence-corrected chi connectivity index (χ2v) is 5.44. The third-order valence-electron chi connectivity index (χ3n) is 2.42. The Hall–Kier alpha value is -0.940. The molecule has 0 fully saturated rings. The number of nitrogens with one attached hydrogen (secondary N) is 1. The minimum atomic E-state index is -0.190. The zero-order valence-corrected chi connectivity index (χ0v) is 11.7. The Morgan fingerprint density at radius 1 is 1.29 bits per heavy atom. The summed E-state index contributed by atoms with van der Waals surface area (Å²) in [6.45, 7) is 0. The molecule has 1 aromatic carbocycles. The van der Waals surface area contributed by atoms with Crippen molar-refractivity contribution in [1.29, 1.82) is 0 Å². The van der Waals surface area contributed by atoms with Gasteiger partial charge in [-0.15, -0.1) is 11.3 Å². The molecule has 0 atom stereocenters. The van der Waals surface area contributed by atoms with E-state index in [0.717, 1.165) is 28.1 Å². The molecule has 1 N–H and O–H groups in total. The van der Waals surface area contributed by atoms with Gasteiger partial charge in [0.1, 0.15) is 10.4 Å². The highest BCUT2D eigenvalue weighted by Crippen LogP contribution is 2.28. The average Bonchev–Trinajstić information content (AvgIpc) is 2.69. The molecular formula is C12H12BrFN2S. The van der Waals surface area contributed by atoms with Gasteiger partial charge in [0.2, 0.25) is 0 Å². The van der Waals surface area contributed by atoms with E-state index in [1.165, 1.54) is 17.0 Å². The lowest BCUT2D eigenvalue weighted by Gasteiger charge is -1.99. The summed E-state index contributed by atoms with van der Waals surface area (Å²) in [4.78, 5) is 5.53. The van der Waals surface area contributed by atoms with Crippen molar-refractivity contribution < 1.29 is 4.39 Å². The number of benzene rings is 1. The third-order valence-corrected chi connectivity index (χ3v) is 4.47. The number of halogens is 2. The normalized spacial score (nSPS) is 10.5. The number of anilines is 1. The fourth-order valence-electron chi connectivity index (χ4n) is 1.50. The molecule has 0 aliphatic heterocycles. The highest BCUT2D eigenvalue weighted by atomic mass is 79.9. The van der Waals surface area contributed by atoms with E-state index >= 15 is 0 Å². The largest absolute Gasteiger partial charge is 0.365 e. The molecule has 1 heterocycles. The van der Waals surface area contributed by atoms with Gasteiger partial charge in [0.05, 0.1) is 0 Å². The van der Waals surface area contributed by atoms with Gasteiger partial charge in [-0.2, -0.15) is 0 Å². The molecule has 0 amide bonds. The first kappa shape index (κ1) is 12.5. The quantitative estimate of drug-likeness (QED) is 0.926. The van der Waals surface area contributed by atoms with Crippen molar-refractivity contribution >= 4 is 32.4 Å². The zero-order chi connectivity index (χ0) is 12.3. The van der Waals surface area contributed by atoms with Gasteiger partial charge < -0.3 is 5.32 Å². The molecule has 2 aromatic rings. The van der Waals surface area contributed by atoms with Crippen LogP contribution in [0.3, 0.4) is 0 Å². The average molecular weight is 315 g/mol. The monoisotopic (exact) mass is 314 g/mol. The van der Waals surface area contributed by atoms with Gasteiger partial charge in [-0.3, -0.25) is 0 Å². The fourth-order valence-corrected chi connectivity index (χ4v) is 3.05. The number of nitrogens with zero attached hydrogens (tertiary/aromatic N) is 1. The predicted octanol–water partition coefficient (Wildman–Crippen LogP) is 3.87. The van der Waals surface area contributed by atoms with Crippen LogP contribution in [0.5, 0.6) is 0 Å². The third kappa shape index (κ3) is 3.26. The van der Waals surface area contributed by atoms with Crippen LogP contribution in [0, 0.1) is 5.82 Å². The molecule has 0 saturated carbocycles. The number of aromatic nitrogens is 1. The van der Waals surface area contributed by atoms with Crippen molar-refractivity contribution in [3.63, 3.8) is 0 Å². The topological polar surface area (TPSA) is 24.9 Å². The molecule has 0 spiro atoms. The van der Waals surface area contributed by atoms with Gasteiger partial charge in [0.15, 0.2) is 5.13 Å². The first-order valence-corrected chi connectivity index (χ1v) is 6.87. The Bertz CT molecular complexity index is 496. The summed E-state index contributed by atoms with van der Waals surface area (Å²) in [6.07, 6.45) is 1.80. The number of hydrogen-bond acceptors (Lipinski definition) is 3. The number of rotatable bonds is 4. The molecule has 5 heteroatoms. The van der Waals surface area contributed by atoms with E-state index < -0.39 is 0 Å². The lowest BCUT2D eigenvalue weighted by atomic mass is 10.1. The minimum absolute atomic E-state index is 0.190. The number of hydrogen-bond donors (Lipinski definition) is 1. The van der Waals surface area contributed by atoms with Crippen molar-refractivity contribution in [1.82, 2.24) is 4.98 Å². The highest BCUT2D eigenvalue weighted by Gasteiger charge is 2.07. The Kier molecular flexibility index (Phi) is 4.12. The molecule has 90 valence electrons. The van der Waals surface area contributed by atoms with Crippen LogP contribution in [0.1, 0.15) is 10.4 Å².